The lowest BCUT2D eigenvalue weighted by Crippen LogP contribution is -2.32. The van der Waals surface area contributed by atoms with Gasteiger partial charge in [-0.1, -0.05) is 13.3 Å². The summed E-state index contributed by atoms with van der Waals surface area (Å²) in [4.78, 5) is 4.26. The minimum Gasteiger partial charge on any atom is -0.398 e. The summed E-state index contributed by atoms with van der Waals surface area (Å²) in [7, 11) is 0. The van der Waals surface area contributed by atoms with Gasteiger partial charge in [0.25, 0.3) is 0 Å². The van der Waals surface area contributed by atoms with Crippen molar-refractivity contribution in [2.24, 2.45) is 17.8 Å². The minimum absolute atomic E-state index is 0.402. The van der Waals surface area contributed by atoms with Gasteiger partial charge in [0, 0.05) is 29.7 Å². The molecule has 3 nitrogen and oxygen atoms in total. The van der Waals surface area contributed by atoms with E-state index in [0.717, 1.165) is 30.0 Å². The van der Waals surface area contributed by atoms with Crippen molar-refractivity contribution < 1.29 is 0 Å². The first-order valence-electron chi connectivity index (χ1n) is 7.22. The van der Waals surface area contributed by atoms with Crippen molar-refractivity contribution >= 4 is 5.69 Å². The molecule has 2 bridgehead atoms. The monoisotopic (exact) mass is 245 g/mol. The number of hydrogen-bond donors (Lipinski definition) is 2. The van der Waals surface area contributed by atoms with Crippen LogP contribution in [-0.4, -0.2) is 11.5 Å². The molecule has 2 fully saturated rings. The minimum atomic E-state index is 0.402. The fraction of sp³-hybridized carbons (Fsp3) is 0.667. The molecule has 18 heavy (non-hydrogen) atoms. The van der Waals surface area contributed by atoms with Crippen molar-refractivity contribution in [1.82, 2.24) is 10.3 Å². The third kappa shape index (κ3) is 2.01. The lowest BCUT2D eigenvalue weighted by molar-refractivity contribution is 0.253. The van der Waals surface area contributed by atoms with Crippen LogP contribution in [0.4, 0.5) is 5.69 Å². The molecule has 1 heterocycles. The number of nitrogens with one attached hydrogen (secondary N) is 1. The van der Waals surface area contributed by atoms with Gasteiger partial charge in [0.2, 0.25) is 0 Å². The molecule has 2 aliphatic rings. The van der Waals surface area contributed by atoms with Crippen molar-refractivity contribution in [1.29, 1.82) is 0 Å². The molecule has 1 aromatic heterocycles. The highest BCUT2D eigenvalue weighted by Crippen LogP contribution is 2.52. The van der Waals surface area contributed by atoms with Crippen molar-refractivity contribution in [3.63, 3.8) is 0 Å². The quantitative estimate of drug-likeness (QED) is 0.857. The van der Waals surface area contributed by atoms with Gasteiger partial charge in [-0.05, 0) is 49.6 Å². The van der Waals surface area contributed by atoms with Gasteiger partial charge in [0.05, 0.1) is 0 Å². The summed E-state index contributed by atoms with van der Waals surface area (Å²) in [5, 5.41) is 3.65. The SMILES string of the molecule is CCNC(c1cnccc1N)C1CC2CCC1C2. The van der Waals surface area contributed by atoms with Crippen molar-refractivity contribution in [2.45, 2.75) is 38.6 Å². The van der Waals surface area contributed by atoms with Crippen LogP contribution in [0.25, 0.3) is 0 Å². The molecule has 3 heteroatoms. The van der Waals surface area contributed by atoms with Crippen LogP contribution in [0.15, 0.2) is 18.5 Å². The van der Waals surface area contributed by atoms with Crippen LogP contribution >= 0.6 is 0 Å². The van der Waals surface area contributed by atoms with Crippen LogP contribution in [0.2, 0.25) is 0 Å². The molecular formula is C15H23N3. The van der Waals surface area contributed by atoms with Crippen LogP contribution in [0, 0.1) is 17.8 Å². The summed E-state index contributed by atoms with van der Waals surface area (Å²) in [6, 6.07) is 2.33. The summed E-state index contributed by atoms with van der Waals surface area (Å²) < 4.78 is 0. The molecule has 0 amide bonds. The number of pyridine rings is 1. The third-order valence-corrected chi connectivity index (χ3v) is 4.87. The Labute approximate surface area is 109 Å². The lowest BCUT2D eigenvalue weighted by Gasteiger charge is -2.32. The van der Waals surface area contributed by atoms with E-state index in [2.05, 4.69) is 17.2 Å². The van der Waals surface area contributed by atoms with E-state index in [0.29, 0.717) is 6.04 Å². The van der Waals surface area contributed by atoms with Crippen molar-refractivity contribution in [3.05, 3.63) is 24.0 Å². The zero-order valence-electron chi connectivity index (χ0n) is 11.1. The van der Waals surface area contributed by atoms with Gasteiger partial charge in [0.15, 0.2) is 0 Å². The first-order chi connectivity index (χ1) is 8.79. The summed E-state index contributed by atoms with van der Waals surface area (Å²) in [5.41, 5.74) is 8.23. The Morgan fingerprint density at radius 1 is 1.44 bits per heavy atom. The molecule has 1 aromatic rings. The zero-order chi connectivity index (χ0) is 12.5. The largest absolute Gasteiger partial charge is 0.398 e. The average Bonchev–Trinajstić information content (AvgIpc) is 2.99. The number of hydrogen-bond acceptors (Lipinski definition) is 3. The Morgan fingerprint density at radius 3 is 2.94 bits per heavy atom. The van der Waals surface area contributed by atoms with Crippen LogP contribution in [0.1, 0.15) is 44.2 Å². The van der Waals surface area contributed by atoms with E-state index < -0.39 is 0 Å². The molecule has 0 aromatic carbocycles. The Bertz CT molecular complexity index is 418. The Balaban J connectivity index is 1.86. The fourth-order valence-electron chi connectivity index (χ4n) is 4.09. The van der Waals surface area contributed by atoms with Crippen molar-refractivity contribution in [3.8, 4) is 0 Å². The van der Waals surface area contributed by atoms with Gasteiger partial charge in [-0.25, -0.2) is 0 Å². The smallest absolute Gasteiger partial charge is 0.0393 e. The maximum absolute atomic E-state index is 6.14. The van der Waals surface area contributed by atoms with Crippen LogP contribution in [-0.2, 0) is 0 Å². The van der Waals surface area contributed by atoms with Gasteiger partial charge >= 0.3 is 0 Å². The van der Waals surface area contributed by atoms with Gasteiger partial charge in [-0.3, -0.25) is 4.98 Å². The molecule has 3 N–H and O–H groups in total. The maximum atomic E-state index is 6.14. The summed E-state index contributed by atoms with van der Waals surface area (Å²) in [6.07, 6.45) is 9.40. The lowest BCUT2D eigenvalue weighted by atomic mass is 9.80. The second-order valence-corrected chi connectivity index (χ2v) is 5.88. The van der Waals surface area contributed by atoms with Crippen LogP contribution < -0.4 is 11.1 Å². The molecule has 0 radical (unpaired) electrons. The van der Waals surface area contributed by atoms with Gasteiger partial charge < -0.3 is 11.1 Å². The van der Waals surface area contributed by atoms with Crippen LogP contribution in [0.5, 0.6) is 0 Å². The zero-order valence-corrected chi connectivity index (χ0v) is 11.1. The number of nitrogens with two attached hydrogens (primary N) is 1. The molecule has 4 atom stereocenters. The normalized spacial score (nSPS) is 31.7. The van der Waals surface area contributed by atoms with Gasteiger partial charge in [0.1, 0.15) is 0 Å². The predicted molar refractivity (Wildman–Crippen MR) is 74.0 cm³/mol. The van der Waals surface area contributed by atoms with Gasteiger partial charge in [-0.15, -0.1) is 0 Å². The fourth-order valence-corrected chi connectivity index (χ4v) is 4.09. The Morgan fingerprint density at radius 2 is 2.33 bits per heavy atom. The first-order valence-corrected chi connectivity index (χ1v) is 7.22. The van der Waals surface area contributed by atoms with Gasteiger partial charge in [-0.2, -0.15) is 0 Å². The maximum Gasteiger partial charge on any atom is 0.0393 e. The molecule has 3 rings (SSSR count). The topological polar surface area (TPSA) is 50.9 Å². The Hall–Kier alpha value is -1.09. The van der Waals surface area contributed by atoms with E-state index in [-0.39, 0.29) is 0 Å². The van der Waals surface area contributed by atoms with E-state index in [4.69, 9.17) is 5.73 Å². The highest BCUT2D eigenvalue weighted by atomic mass is 14.9. The number of nitrogen functional groups attached to an aromatic ring is 1. The third-order valence-electron chi connectivity index (χ3n) is 4.87. The highest BCUT2D eigenvalue weighted by Gasteiger charge is 2.43. The standard InChI is InChI=1S/C15H23N3/c1-2-18-15(13-9-17-6-5-14(13)16)12-8-10-3-4-11(12)7-10/h5-6,9-12,15,18H,2-4,7-8H2,1H3,(H2,16,17). The molecule has 2 aliphatic carbocycles. The molecule has 98 valence electrons. The Kier molecular flexibility index (Phi) is 3.25. The molecular weight excluding hydrogens is 222 g/mol. The van der Waals surface area contributed by atoms with Crippen molar-refractivity contribution in [2.75, 3.05) is 12.3 Å². The summed E-state index contributed by atoms with van der Waals surface area (Å²) in [5.74, 6) is 2.63. The van der Waals surface area contributed by atoms with E-state index in [1.54, 1.807) is 6.20 Å². The average molecular weight is 245 g/mol. The number of fused-ring (bicyclic) bond motifs is 2. The predicted octanol–water partition coefficient (Wildman–Crippen LogP) is 2.75. The van der Waals surface area contributed by atoms with Crippen LogP contribution in [0.3, 0.4) is 0 Å². The number of nitrogens with zero attached hydrogens (tertiary/aromatic N) is 1. The number of rotatable bonds is 4. The highest BCUT2D eigenvalue weighted by molar-refractivity contribution is 5.46. The van der Waals surface area contributed by atoms with E-state index in [1.165, 1.54) is 31.2 Å². The van der Waals surface area contributed by atoms with E-state index in [1.807, 2.05) is 12.3 Å². The molecule has 0 saturated heterocycles. The number of anilines is 1. The summed E-state index contributed by atoms with van der Waals surface area (Å²) >= 11 is 0. The molecule has 0 aliphatic heterocycles. The number of aromatic nitrogens is 1. The summed E-state index contributed by atoms with van der Waals surface area (Å²) in [6.45, 7) is 3.17. The van der Waals surface area contributed by atoms with E-state index in [9.17, 15) is 0 Å². The molecule has 4 unspecified atom stereocenters. The molecule has 0 spiro atoms. The first kappa shape index (κ1) is 12.0. The second-order valence-electron chi connectivity index (χ2n) is 5.88. The second kappa shape index (κ2) is 4.88. The van der Waals surface area contributed by atoms with E-state index >= 15 is 0 Å². The molecule has 2 saturated carbocycles.